The van der Waals surface area contributed by atoms with Gasteiger partial charge in [0, 0.05) is 23.5 Å². The number of rotatable bonds is 7. The highest BCUT2D eigenvalue weighted by atomic mass is 35.5. The number of anilines is 1. The Kier molecular flexibility index (Phi) is 7.30. The van der Waals surface area contributed by atoms with Gasteiger partial charge in [-0.3, -0.25) is 9.59 Å². The predicted octanol–water partition coefficient (Wildman–Crippen LogP) is 3.96. The van der Waals surface area contributed by atoms with Crippen molar-refractivity contribution in [1.82, 2.24) is 15.3 Å². The van der Waals surface area contributed by atoms with Gasteiger partial charge in [0.05, 0.1) is 5.56 Å². The summed E-state index contributed by atoms with van der Waals surface area (Å²) >= 11 is 6.31. The first-order valence-electron chi connectivity index (χ1n) is 9.16. The molecule has 0 spiro atoms. The van der Waals surface area contributed by atoms with Gasteiger partial charge < -0.3 is 10.6 Å². The average Bonchev–Trinajstić information content (AvgIpc) is 2.66. The Balaban J connectivity index is 2.43. The second-order valence-corrected chi connectivity index (χ2v) is 6.56. The topological polar surface area (TPSA) is 84.0 Å². The van der Waals surface area contributed by atoms with Crippen molar-refractivity contribution in [3.05, 3.63) is 51.6 Å². The van der Waals surface area contributed by atoms with Gasteiger partial charge in [-0.25, -0.2) is 9.97 Å². The van der Waals surface area contributed by atoms with Gasteiger partial charge in [-0.2, -0.15) is 0 Å². The third kappa shape index (κ3) is 4.83. The first-order chi connectivity index (χ1) is 12.9. The summed E-state index contributed by atoms with van der Waals surface area (Å²) in [6.07, 6.45) is 3.60. The van der Waals surface area contributed by atoms with Crippen LogP contribution in [0.25, 0.3) is 0 Å². The Morgan fingerprint density at radius 1 is 1.11 bits per heavy atom. The maximum absolute atomic E-state index is 13.0. The van der Waals surface area contributed by atoms with E-state index in [1.54, 1.807) is 6.92 Å². The van der Waals surface area contributed by atoms with Gasteiger partial charge >= 0.3 is 0 Å². The van der Waals surface area contributed by atoms with E-state index in [4.69, 9.17) is 11.6 Å². The molecule has 0 saturated carbocycles. The third-order valence-electron chi connectivity index (χ3n) is 4.22. The Morgan fingerprint density at radius 3 is 2.48 bits per heavy atom. The van der Waals surface area contributed by atoms with Crippen LogP contribution in [-0.4, -0.2) is 28.3 Å². The van der Waals surface area contributed by atoms with Crippen LogP contribution in [-0.2, 0) is 12.8 Å². The van der Waals surface area contributed by atoms with Gasteiger partial charge in [0.1, 0.15) is 11.5 Å². The molecule has 1 aromatic carbocycles. The molecule has 0 bridgehead atoms. The number of nitrogens with zero attached hydrogens (tertiary/aromatic N) is 2. The van der Waals surface area contributed by atoms with E-state index >= 15 is 0 Å². The molecule has 7 heteroatoms. The maximum atomic E-state index is 13.0. The Morgan fingerprint density at radius 2 is 1.85 bits per heavy atom. The van der Waals surface area contributed by atoms with E-state index in [9.17, 15) is 9.59 Å². The van der Waals surface area contributed by atoms with Crippen LogP contribution in [0.1, 0.15) is 65.0 Å². The van der Waals surface area contributed by atoms with Crippen molar-refractivity contribution >= 4 is 29.1 Å². The molecular weight excluding hydrogens is 364 g/mol. The van der Waals surface area contributed by atoms with Gasteiger partial charge in [0.2, 0.25) is 0 Å². The SMILES string of the molecule is CCCNC(=O)c1nc(C)ncc1C(=O)Nc1c(CC)ccc(Cl)c1CC. The van der Waals surface area contributed by atoms with E-state index < -0.39 is 5.91 Å². The molecule has 0 radical (unpaired) electrons. The summed E-state index contributed by atoms with van der Waals surface area (Å²) in [4.78, 5) is 33.7. The first-order valence-corrected chi connectivity index (χ1v) is 9.54. The second kappa shape index (κ2) is 9.46. The molecule has 2 N–H and O–H groups in total. The first kappa shape index (κ1) is 20.8. The highest BCUT2D eigenvalue weighted by Crippen LogP contribution is 2.30. The lowest BCUT2D eigenvalue weighted by atomic mass is 10.0. The number of aryl methyl sites for hydroxylation is 2. The number of carbonyl (C=O) groups excluding carboxylic acids is 2. The lowest BCUT2D eigenvalue weighted by Crippen LogP contribution is -2.29. The van der Waals surface area contributed by atoms with Crippen LogP contribution < -0.4 is 10.6 Å². The van der Waals surface area contributed by atoms with Crippen molar-refractivity contribution in [2.75, 3.05) is 11.9 Å². The Labute approximate surface area is 164 Å². The molecule has 2 aromatic rings. The molecule has 1 heterocycles. The molecule has 6 nitrogen and oxygen atoms in total. The zero-order valence-electron chi connectivity index (χ0n) is 16.1. The minimum atomic E-state index is -0.427. The number of halogens is 1. The summed E-state index contributed by atoms with van der Waals surface area (Å²) in [6.45, 7) is 8.14. The van der Waals surface area contributed by atoms with Crippen LogP contribution in [0, 0.1) is 6.92 Å². The van der Waals surface area contributed by atoms with Crippen molar-refractivity contribution in [1.29, 1.82) is 0 Å². The standard InChI is InChI=1S/C20H25ClN4O2/c1-5-10-22-20(27)18-15(11-23-12(4)24-18)19(26)25-17-13(6-2)8-9-16(21)14(17)7-3/h8-9,11H,5-7,10H2,1-4H3,(H,22,27)(H,25,26). The van der Waals surface area contributed by atoms with Gasteiger partial charge in [-0.15, -0.1) is 0 Å². The number of benzene rings is 1. The quantitative estimate of drug-likeness (QED) is 0.752. The van der Waals surface area contributed by atoms with Gasteiger partial charge in [0.15, 0.2) is 0 Å². The van der Waals surface area contributed by atoms with Crippen LogP contribution >= 0.6 is 11.6 Å². The van der Waals surface area contributed by atoms with Crippen molar-refractivity contribution in [3.8, 4) is 0 Å². The van der Waals surface area contributed by atoms with Crippen molar-refractivity contribution in [2.24, 2.45) is 0 Å². The minimum Gasteiger partial charge on any atom is -0.351 e. The summed E-state index contributed by atoms with van der Waals surface area (Å²) in [7, 11) is 0. The second-order valence-electron chi connectivity index (χ2n) is 6.16. The molecule has 0 atom stereocenters. The summed E-state index contributed by atoms with van der Waals surface area (Å²) in [5.74, 6) is -0.382. The van der Waals surface area contributed by atoms with Crippen molar-refractivity contribution in [3.63, 3.8) is 0 Å². The largest absolute Gasteiger partial charge is 0.351 e. The summed E-state index contributed by atoms with van der Waals surface area (Å²) in [5, 5.41) is 6.29. The van der Waals surface area contributed by atoms with Crippen molar-refractivity contribution < 1.29 is 9.59 Å². The van der Waals surface area contributed by atoms with E-state index in [0.29, 0.717) is 29.5 Å². The molecule has 0 fully saturated rings. The van der Waals surface area contributed by atoms with E-state index in [1.807, 2.05) is 32.9 Å². The fourth-order valence-corrected chi connectivity index (χ4v) is 3.07. The molecule has 0 aliphatic rings. The number of carbonyl (C=O) groups is 2. The molecule has 2 rings (SSSR count). The van der Waals surface area contributed by atoms with Crippen LogP contribution in [0.15, 0.2) is 18.3 Å². The number of nitrogens with one attached hydrogen (secondary N) is 2. The van der Waals surface area contributed by atoms with Gasteiger partial charge in [-0.05, 0) is 43.4 Å². The lowest BCUT2D eigenvalue weighted by molar-refractivity contribution is 0.0934. The predicted molar refractivity (Wildman–Crippen MR) is 108 cm³/mol. The van der Waals surface area contributed by atoms with E-state index in [-0.39, 0.29) is 17.2 Å². The van der Waals surface area contributed by atoms with E-state index in [2.05, 4.69) is 20.6 Å². The summed E-state index contributed by atoms with van der Waals surface area (Å²) < 4.78 is 0. The number of aromatic nitrogens is 2. The smallest absolute Gasteiger partial charge is 0.270 e. The fraction of sp³-hybridized carbons (Fsp3) is 0.400. The van der Waals surface area contributed by atoms with E-state index in [0.717, 1.165) is 24.0 Å². The summed E-state index contributed by atoms with van der Waals surface area (Å²) in [5.41, 5.74) is 2.76. The van der Waals surface area contributed by atoms with Crippen LogP contribution in [0.4, 0.5) is 5.69 Å². The maximum Gasteiger partial charge on any atom is 0.270 e. The van der Waals surface area contributed by atoms with Gasteiger partial charge in [-0.1, -0.05) is 38.4 Å². The average molecular weight is 389 g/mol. The zero-order chi connectivity index (χ0) is 20.0. The molecule has 0 saturated heterocycles. The fourth-order valence-electron chi connectivity index (χ4n) is 2.78. The molecule has 27 heavy (non-hydrogen) atoms. The molecule has 1 aromatic heterocycles. The molecule has 0 aliphatic carbocycles. The Hall–Kier alpha value is -2.47. The molecule has 0 unspecified atom stereocenters. The third-order valence-corrected chi connectivity index (χ3v) is 4.57. The number of hydrogen-bond acceptors (Lipinski definition) is 4. The molecule has 2 amide bonds. The minimum absolute atomic E-state index is 0.0755. The Bertz CT molecular complexity index is 852. The molecular formula is C20H25ClN4O2. The van der Waals surface area contributed by atoms with Gasteiger partial charge in [0.25, 0.3) is 11.8 Å². The monoisotopic (exact) mass is 388 g/mol. The van der Waals surface area contributed by atoms with Crippen LogP contribution in [0.3, 0.4) is 0 Å². The highest BCUT2D eigenvalue weighted by molar-refractivity contribution is 6.32. The lowest BCUT2D eigenvalue weighted by Gasteiger charge is -2.16. The van der Waals surface area contributed by atoms with E-state index in [1.165, 1.54) is 6.20 Å². The number of hydrogen-bond donors (Lipinski definition) is 2. The van der Waals surface area contributed by atoms with Crippen molar-refractivity contribution in [2.45, 2.75) is 47.0 Å². The van der Waals surface area contributed by atoms with Crippen LogP contribution in [0.2, 0.25) is 5.02 Å². The number of amides is 2. The normalized spacial score (nSPS) is 10.6. The highest BCUT2D eigenvalue weighted by Gasteiger charge is 2.21. The molecule has 0 aliphatic heterocycles. The molecule has 144 valence electrons. The summed E-state index contributed by atoms with van der Waals surface area (Å²) in [6, 6.07) is 3.74. The van der Waals surface area contributed by atoms with Crippen LogP contribution in [0.5, 0.6) is 0 Å². The zero-order valence-corrected chi connectivity index (χ0v) is 16.9.